The second-order valence-corrected chi connectivity index (χ2v) is 6.94. The summed E-state index contributed by atoms with van der Waals surface area (Å²) in [5.74, 6) is 0.0592. The van der Waals surface area contributed by atoms with Crippen LogP contribution in [0, 0.1) is 0 Å². The lowest BCUT2D eigenvalue weighted by Gasteiger charge is -2.29. The maximum Gasteiger partial charge on any atom is 0.176 e. The summed E-state index contributed by atoms with van der Waals surface area (Å²) in [6.07, 6.45) is 5.78. The molecule has 1 aliphatic rings. The van der Waals surface area contributed by atoms with Gasteiger partial charge < -0.3 is 14.6 Å². The fourth-order valence-electron chi connectivity index (χ4n) is 3.95. The highest BCUT2D eigenvalue weighted by molar-refractivity contribution is 5.98. The quantitative estimate of drug-likeness (QED) is 0.572. The zero-order valence-electron chi connectivity index (χ0n) is 15.2. The lowest BCUT2D eigenvalue weighted by Crippen LogP contribution is -2.43. The summed E-state index contributed by atoms with van der Waals surface area (Å²) in [5, 5.41) is 3.39. The molecule has 0 atom stereocenters. The summed E-state index contributed by atoms with van der Waals surface area (Å²) in [4.78, 5) is 19.0. The second kappa shape index (κ2) is 6.25. The molecule has 6 nitrogen and oxygen atoms in total. The molecule has 0 aromatic carbocycles. The molecule has 1 aliphatic heterocycles. The SMILES string of the molecule is CC(=O)c1cc(-c2cccc3nccn23)c2cc(N3CCNCC3)ccn12. The Bertz CT molecular complexity index is 1150. The van der Waals surface area contributed by atoms with E-state index in [-0.39, 0.29) is 5.78 Å². The van der Waals surface area contributed by atoms with E-state index < -0.39 is 0 Å². The van der Waals surface area contributed by atoms with Crippen LogP contribution in [-0.2, 0) is 0 Å². The summed E-state index contributed by atoms with van der Waals surface area (Å²) in [7, 11) is 0. The van der Waals surface area contributed by atoms with Crippen molar-refractivity contribution in [3.8, 4) is 11.3 Å². The lowest BCUT2D eigenvalue weighted by atomic mass is 10.1. The Morgan fingerprint density at radius 3 is 2.74 bits per heavy atom. The molecule has 1 saturated heterocycles. The van der Waals surface area contributed by atoms with E-state index in [1.165, 1.54) is 5.69 Å². The van der Waals surface area contributed by atoms with Crippen LogP contribution >= 0.6 is 0 Å². The maximum atomic E-state index is 12.2. The van der Waals surface area contributed by atoms with Crippen LogP contribution in [0.15, 0.2) is 55.0 Å². The van der Waals surface area contributed by atoms with Crippen LogP contribution in [0.1, 0.15) is 17.4 Å². The molecule has 0 saturated carbocycles. The fraction of sp³-hybridized carbons (Fsp3) is 0.238. The zero-order valence-corrected chi connectivity index (χ0v) is 15.2. The molecule has 4 aromatic rings. The Balaban J connectivity index is 1.75. The Morgan fingerprint density at radius 2 is 1.93 bits per heavy atom. The molecule has 0 aliphatic carbocycles. The maximum absolute atomic E-state index is 12.2. The predicted octanol–water partition coefficient (Wildman–Crippen LogP) is 2.87. The number of rotatable bonds is 3. The van der Waals surface area contributed by atoms with Crippen molar-refractivity contribution in [2.24, 2.45) is 0 Å². The number of hydrogen-bond acceptors (Lipinski definition) is 4. The first-order chi connectivity index (χ1) is 13.2. The van der Waals surface area contributed by atoms with E-state index in [9.17, 15) is 4.79 Å². The van der Waals surface area contributed by atoms with E-state index in [1.54, 1.807) is 13.1 Å². The number of nitrogens with one attached hydrogen (secondary N) is 1. The highest BCUT2D eigenvalue weighted by Gasteiger charge is 2.18. The number of carbonyl (C=O) groups is 1. The van der Waals surface area contributed by atoms with Gasteiger partial charge in [-0.25, -0.2) is 4.98 Å². The first-order valence-electron chi connectivity index (χ1n) is 9.26. The van der Waals surface area contributed by atoms with Gasteiger partial charge >= 0.3 is 0 Å². The van der Waals surface area contributed by atoms with Crippen LogP contribution in [0.3, 0.4) is 0 Å². The number of fused-ring (bicyclic) bond motifs is 2. The molecule has 0 radical (unpaired) electrons. The highest BCUT2D eigenvalue weighted by atomic mass is 16.1. The van der Waals surface area contributed by atoms with Crippen LogP contribution in [0.5, 0.6) is 0 Å². The molecule has 5 rings (SSSR count). The molecule has 0 amide bonds. The van der Waals surface area contributed by atoms with Gasteiger partial charge in [0.05, 0.1) is 16.9 Å². The van der Waals surface area contributed by atoms with Crippen molar-refractivity contribution < 1.29 is 4.79 Å². The van der Waals surface area contributed by atoms with Gasteiger partial charge in [-0.2, -0.15) is 0 Å². The number of piperazine rings is 1. The zero-order chi connectivity index (χ0) is 18.4. The van der Waals surface area contributed by atoms with Crippen molar-refractivity contribution in [1.82, 2.24) is 19.1 Å². The number of aromatic nitrogens is 3. The Kier molecular flexibility index (Phi) is 3.72. The number of Topliss-reactive ketones (excluding diaryl/α,β-unsaturated/α-hetero) is 1. The van der Waals surface area contributed by atoms with Gasteiger partial charge in [-0.3, -0.25) is 9.20 Å². The lowest BCUT2D eigenvalue weighted by molar-refractivity contribution is 0.101. The molecule has 0 spiro atoms. The molecule has 5 heterocycles. The summed E-state index contributed by atoms with van der Waals surface area (Å²) < 4.78 is 4.07. The second-order valence-electron chi connectivity index (χ2n) is 6.94. The molecule has 0 bridgehead atoms. The first-order valence-corrected chi connectivity index (χ1v) is 9.26. The molecule has 136 valence electrons. The molecule has 6 heteroatoms. The molecule has 1 fully saturated rings. The molecular formula is C21H21N5O. The van der Waals surface area contributed by atoms with Crippen molar-refractivity contribution >= 4 is 22.6 Å². The number of pyridine rings is 2. The monoisotopic (exact) mass is 359 g/mol. The number of carbonyl (C=O) groups excluding carboxylic acids is 1. The molecule has 4 aromatic heterocycles. The van der Waals surface area contributed by atoms with Gasteiger partial charge in [0, 0.05) is 62.9 Å². The fourth-order valence-corrected chi connectivity index (χ4v) is 3.95. The third kappa shape index (κ3) is 2.61. The van der Waals surface area contributed by atoms with Crippen molar-refractivity contribution in [3.63, 3.8) is 0 Å². The molecule has 1 N–H and O–H groups in total. The Hall–Kier alpha value is -3.12. The highest BCUT2D eigenvalue weighted by Crippen LogP contribution is 2.31. The molecule has 27 heavy (non-hydrogen) atoms. The predicted molar refractivity (Wildman–Crippen MR) is 107 cm³/mol. The number of hydrogen-bond donors (Lipinski definition) is 1. The molecule has 0 unspecified atom stereocenters. The third-order valence-electron chi connectivity index (χ3n) is 5.30. The van der Waals surface area contributed by atoms with E-state index in [0.717, 1.165) is 48.6 Å². The van der Waals surface area contributed by atoms with Gasteiger partial charge in [0.2, 0.25) is 0 Å². The minimum Gasteiger partial charge on any atom is -0.369 e. The van der Waals surface area contributed by atoms with Crippen molar-refractivity contribution in [3.05, 3.63) is 60.7 Å². The molecular weight excluding hydrogens is 338 g/mol. The smallest absolute Gasteiger partial charge is 0.176 e. The van der Waals surface area contributed by atoms with Gasteiger partial charge in [-0.05, 0) is 30.3 Å². The number of anilines is 1. The largest absolute Gasteiger partial charge is 0.369 e. The van der Waals surface area contributed by atoms with Crippen molar-refractivity contribution in [1.29, 1.82) is 0 Å². The van der Waals surface area contributed by atoms with E-state index in [2.05, 4.69) is 37.8 Å². The van der Waals surface area contributed by atoms with Crippen molar-refractivity contribution in [2.75, 3.05) is 31.1 Å². The average molecular weight is 359 g/mol. The van der Waals surface area contributed by atoms with Gasteiger partial charge in [0.15, 0.2) is 5.78 Å². The van der Waals surface area contributed by atoms with Crippen LogP contribution in [0.2, 0.25) is 0 Å². The standard InChI is InChI=1S/C21H21N5O/c1-15(27)19-14-17(18-3-2-4-21-23-8-12-26(18)21)20-13-16(5-9-25(19)20)24-10-6-22-7-11-24/h2-5,8-9,12-14,22H,6-7,10-11H2,1H3. The average Bonchev–Trinajstić information content (AvgIpc) is 3.33. The Morgan fingerprint density at radius 1 is 1.07 bits per heavy atom. The van der Waals surface area contributed by atoms with Crippen LogP contribution < -0.4 is 10.2 Å². The number of ketones is 1. The topological polar surface area (TPSA) is 54.1 Å². The Labute approximate surface area is 157 Å². The minimum absolute atomic E-state index is 0.0592. The van der Waals surface area contributed by atoms with E-state index in [0.29, 0.717) is 5.69 Å². The summed E-state index contributed by atoms with van der Waals surface area (Å²) in [5.41, 5.74) is 5.90. The van der Waals surface area contributed by atoms with Crippen LogP contribution in [0.25, 0.3) is 22.4 Å². The first kappa shape index (κ1) is 16.1. The van der Waals surface area contributed by atoms with E-state index in [4.69, 9.17) is 0 Å². The summed E-state index contributed by atoms with van der Waals surface area (Å²) >= 11 is 0. The van der Waals surface area contributed by atoms with Crippen LogP contribution in [-0.4, -0.2) is 45.7 Å². The van der Waals surface area contributed by atoms with Crippen molar-refractivity contribution in [2.45, 2.75) is 6.92 Å². The van der Waals surface area contributed by atoms with Crippen LogP contribution in [0.4, 0.5) is 5.69 Å². The van der Waals surface area contributed by atoms with Gasteiger partial charge in [0.1, 0.15) is 5.65 Å². The third-order valence-corrected chi connectivity index (χ3v) is 5.30. The van der Waals surface area contributed by atoms with E-state index >= 15 is 0 Å². The summed E-state index contributed by atoms with van der Waals surface area (Å²) in [6.45, 7) is 5.58. The normalized spacial score (nSPS) is 14.9. The number of nitrogens with zero attached hydrogens (tertiary/aromatic N) is 4. The van der Waals surface area contributed by atoms with Gasteiger partial charge in [-0.1, -0.05) is 6.07 Å². The van der Waals surface area contributed by atoms with Gasteiger partial charge in [-0.15, -0.1) is 0 Å². The van der Waals surface area contributed by atoms with E-state index in [1.807, 2.05) is 35.0 Å². The van der Waals surface area contributed by atoms with Gasteiger partial charge in [0.25, 0.3) is 0 Å². The minimum atomic E-state index is 0.0592. The number of imidazole rings is 1. The summed E-state index contributed by atoms with van der Waals surface area (Å²) in [6, 6.07) is 12.4.